The third kappa shape index (κ3) is 3.16. The number of pyridine rings is 1. The zero-order valence-corrected chi connectivity index (χ0v) is 9.69. The van der Waals surface area contributed by atoms with Crippen LogP contribution in [0.25, 0.3) is 0 Å². The maximum atomic E-state index is 12.0. The van der Waals surface area contributed by atoms with E-state index >= 15 is 0 Å². The van der Waals surface area contributed by atoms with Gasteiger partial charge in [-0.3, -0.25) is 9.78 Å². The van der Waals surface area contributed by atoms with Crippen LogP contribution in [-0.4, -0.2) is 10.8 Å². The summed E-state index contributed by atoms with van der Waals surface area (Å²) in [6.45, 7) is 0. The molecule has 0 unspecified atom stereocenters. The summed E-state index contributed by atoms with van der Waals surface area (Å²) in [5.74, 6) is 0.871. The molecule has 2 heteroatoms. The predicted molar refractivity (Wildman–Crippen MR) is 64.4 cm³/mol. The third-order valence-corrected chi connectivity index (χ3v) is 3.43. The minimum Gasteiger partial charge on any atom is -0.294 e. The second kappa shape index (κ2) is 5.78. The first-order valence-electron chi connectivity index (χ1n) is 6.29. The van der Waals surface area contributed by atoms with Crippen LogP contribution in [0.3, 0.4) is 0 Å². The van der Waals surface area contributed by atoms with Gasteiger partial charge in [0.2, 0.25) is 0 Å². The lowest BCUT2D eigenvalue weighted by Gasteiger charge is -2.12. The van der Waals surface area contributed by atoms with Gasteiger partial charge in [-0.1, -0.05) is 38.5 Å². The Hall–Kier alpha value is -1.18. The van der Waals surface area contributed by atoms with E-state index in [9.17, 15) is 4.79 Å². The normalized spacial score (nSPS) is 18.0. The van der Waals surface area contributed by atoms with Crippen LogP contribution in [0.15, 0.2) is 24.5 Å². The van der Waals surface area contributed by atoms with E-state index in [4.69, 9.17) is 0 Å². The molecular weight excluding hydrogens is 198 g/mol. The van der Waals surface area contributed by atoms with Gasteiger partial charge in [0.25, 0.3) is 0 Å². The molecule has 0 aromatic carbocycles. The van der Waals surface area contributed by atoms with Gasteiger partial charge >= 0.3 is 0 Å². The van der Waals surface area contributed by atoms with E-state index < -0.39 is 0 Å². The highest BCUT2D eigenvalue weighted by molar-refractivity contribution is 5.95. The molecule has 0 aliphatic heterocycles. The lowest BCUT2D eigenvalue weighted by Crippen LogP contribution is -2.08. The Labute approximate surface area is 97.1 Å². The van der Waals surface area contributed by atoms with Crippen LogP contribution in [0.2, 0.25) is 0 Å². The third-order valence-electron chi connectivity index (χ3n) is 3.43. The molecule has 1 aromatic heterocycles. The Morgan fingerprint density at radius 1 is 1.25 bits per heavy atom. The van der Waals surface area contributed by atoms with Crippen molar-refractivity contribution in [1.82, 2.24) is 4.98 Å². The van der Waals surface area contributed by atoms with Crippen LogP contribution in [0.5, 0.6) is 0 Å². The molecule has 0 radical (unpaired) electrons. The van der Waals surface area contributed by atoms with Crippen LogP contribution < -0.4 is 0 Å². The summed E-state index contributed by atoms with van der Waals surface area (Å²) in [6.07, 6.45) is 11.8. The number of aromatic nitrogens is 1. The predicted octanol–water partition coefficient (Wildman–Crippen LogP) is 3.62. The Morgan fingerprint density at radius 2 is 2.00 bits per heavy atom. The number of nitrogens with zero attached hydrogens (tertiary/aromatic N) is 1. The number of carbonyl (C=O) groups is 1. The molecule has 2 rings (SSSR count). The van der Waals surface area contributed by atoms with Crippen LogP contribution >= 0.6 is 0 Å². The highest BCUT2D eigenvalue weighted by Crippen LogP contribution is 2.26. The van der Waals surface area contributed by atoms with Crippen molar-refractivity contribution in [3.63, 3.8) is 0 Å². The van der Waals surface area contributed by atoms with Crippen LogP contribution in [0.1, 0.15) is 55.3 Å². The number of carbonyl (C=O) groups excluding carboxylic acids is 1. The molecule has 86 valence electrons. The minimum atomic E-state index is 0.264. The highest BCUT2D eigenvalue weighted by atomic mass is 16.1. The summed E-state index contributed by atoms with van der Waals surface area (Å²) in [5, 5.41) is 0. The fraction of sp³-hybridized carbons (Fsp3) is 0.571. The fourth-order valence-electron chi connectivity index (χ4n) is 2.48. The maximum Gasteiger partial charge on any atom is 0.164 e. The van der Waals surface area contributed by atoms with E-state index in [2.05, 4.69) is 4.98 Å². The van der Waals surface area contributed by atoms with Gasteiger partial charge in [-0.25, -0.2) is 0 Å². The number of hydrogen-bond donors (Lipinski definition) is 0. The quantitative estimate of drug-likeness (QED) is 0.571. The van der Waals surface area contributed by atoms with Crippen molar-refractivity contribution in [3.8, 4) is 0 Å². The molecule has 0 N–H and O–H groups in total. The van der Waals surface area contributed by atoms with Crippen molar-refractivity contribution >= 4 is 5.78 Å². The lowest BCUT2D eigenvalue weighted by atomic mass is 9.92. The summed E-state index contributed by atoms with van der Waals surface area (Å²) in [6, 6.07) is 3.70. The van der Waals surface area contributed by atoms with Gasteiger partial charge in [0.15, 0.2) is 5.78 Å². The molecule has 1 aromatic rings. The number of rotatable bonds is 3. The molecule has 2 nitrogen and oxygen atoms in total. The monoisotopic (exact) mass is 217 g/mol. The van der Waals surface area contributed by atoms with Gasteiger partial charge in [-0.05, 0) is 18.1 Å². The van der Waals surface area contributed by atoms with Crippen molar-refractivity contribution in [2.75, 3.05) is 0 Å². The van der Waals surface area contributed by atoms with Crippen LogP contribution in [-0.2, 0) is 0 Å². The van der Waals surface area contributed by atoms with Gasteiger partial charge in [-0.2, -0.15) is 0 Å². The standard InChI is InChI=1S/C14H19NO/c16-14(13-8-5-9-15-11-13)10-12-6-3-1-2-4-7-12/h5,8-9,11-12H,1-4,6-7,10H2. The van der Waals surface area contributed by atoms with E-state index in [-0.39, 0.29) is 5.78 Å². The van der Waals surface area contributed by atoms with Gasteiger partial charge in [0.1, 0.15) is 0 Å². The fourth-order valence-corrected chi connectivity index (χ4v) is 2.48. The molecule has 0 bridgehead atoms. The van der Waals surface area contributed by atoms with Gasteiger partial charge in [0, 0.05) is 24.4 Å². The van der Waals surface area contributed by atoms with Crippen molar-refractivity contribution in [2.24, 2.45) is 5.92 Å². The molecule has 0 saturated heterocycles. The van der Waals surface area contributed by atoms with Gasteiger partial charge < -0.3 is 0 Å². The van der Waals surface area contributed by atoms with Gasteiger partial charge in [0.05, 0.1) is 0 Å². The van der Waals surface area contributed by atoms with E-state index in [0.29, 0.717) is 12.3 Å². The van der Waals surface area contributed by atoms with E-state index in [1.165, 1.54) is 38.5 Å². The first-order chi connectivity index (χ1) is 7.86. The van der Waals surface area contributed by atoms with E-state index in [0.717, 1.165) is 5.56 Å². The molecule has 1 aliphatic rings. The first kappa shape index (κ1) is 11.3. The summed E-state index contributed by atoms with van der Waals surface area (Å²) < 4.78 is 0. The zero-order valence-electron chi connectivity index (χ0n) is 9.69. The lowest BCUT2D eigenvalue weighted by molar-refractivity contribution is 0.0956. The second-order valence-corrected chi connectivity index (χ2v) is 4.73. The molecular formula is C14H19NO. The molecule has 1 heterocycles. The Morgan fingerprint density at radius 3 is 2.62 bits per heavy atom. The maximum absolute atomic E-state index is 12.0. The number of ketones is 1. The number of Topliss-reactive ketones (excluding diaryl/α,β-unsaturated/α-hetero) is 1. The Bertz CT molecular complexity index is 326. The van der Waals surface area contributed by atoms with Crippen molar-refractivity contribution < 1.29 is 4.79 Å². The van der Waals surface area contributed by atoms with Crippen molar-refractivity contribution in [3.05, 3.63) is 30.1 Å². The molecule has 0 spiro atoms. The summed E-state index contributed by atoms with van der Waals surface area (Å²) in [4.78, 5) is 16.0. The van der Waals surface area contributed by atoms with Crippen molar-refractivity contribution in [1.29, 1.82) is 0 Å². The van der Waals surface area contributed by atoms with Crippen LogP contribution in [0, 0.1) is 5.92 Å². The van der Waals surface area contributed by atoms with E-state index in [1.54, 1.807) is 12.4 Å². The van der Waals surface area contributed by atoms with Gasteiger partial charge in [-0.15, -0.1) is 0 Å². The number of hydrogen-bond acceptors (Lipinski definition) is 2. The average Bonchev–Trinajstić information content (AvgIpc) is 2.59. The SMILES string of the molecule is O=C(CC1CCCCCC1)c1cccnc1. The molecule has 0 atom stereocenters. The molecule has 1 aliphatic carbocycles. The zero-order chi connectivity index (χ0) is 11.2. The topological polar surface area (TPSA) is 30.0 Å². The summed E-state index contributed by atoms with van der Waals surface area (Å²) in [7, 11) is 0. The Balaban J connectivity index is 1.91. The molecule has 16 heavy (non-hydrogen) atoms. The molecule has 0 amide bonds. The smallest absolute Gasteiger partial charge is 0.164 e. The highest BCUT2D eigenvalue weighted by Gasteiger charge is 2.16. The summed E-state index contributed by atoms with van der Waals surface area (Å²) in [5.41, 5.74) is 0.770. The Kier molecular flexibility index (Phi) is 4.09. The van der Waals surface area contributed by atoms with Crippen LogP contribution in [0.4, 0.5) is 0 Å². The second-order valence-electron chi connectivity index (χ2n) is 4.73. The minimum absolute atomic E-state index is 0.264. The van der Waals surface area contributed by atoms with E-state index in [1.807, 2.05) is 12.1 Å². The molecule has 1 saturated carbocycles. The first-order valence-corrected chi connectivity index (χ1v) is 6.29. The van der Waals surface area contributed by atoms with Crippen molar-refractivity contribution in [2.45, 2.75) is 44.9 Å². The summed E-state index contributed by atoms with van der Waals surface area (Å²) >= 11 is 0. The average molecular weight is 217 g/mol. The largest absolute Gasteiger partial charge is 0.294 e. The molecule has 1 fully saturated rings.